The number of sulfonamides is 1. The first kappa shape index (κ1) is 15.5. The van der Waals surface area contributed by atoms with Gasteiger partial charge in [-0.05, 0) is 42.3 Å². The fourth-order valence-corrected chi connectivity index (χ4v) is 2.77. The fourth-order valence-electron chi connectivity index (χ4n) is 1.74. The van der Waals surface area contributed by atoms with E-state index in [1.807, 2.05) is 0 Å². The molecule has 0 fully saturated rings. The highest BCUT2D eigenvalue weighted by atomic mass is 32.2. The molecular weight excluding hydrogens is 303 g/mol. The maximum absolute atomic E-state index is 13.4. The molecule has 1 N–H and O–H groups in total. The van der Waals surface area contributed by atoms with E-state index < -0.39 is 27.5 Å². The van der Waals surface area contributed by atoms with Gasteiger partial charge < -0.3 is 0 Å². The van der Waals surface area contributed by atoms with Crippen LogP contribution in [0.2, 0.25) is 0 Å². The Labute approximate surface area is 120 Å². The lowest BCUT2D eigenvalue weighted by Crippen LogP contribution is -2.26. The lowest BCUT2D eigenvalue weighted by molar-refractivity contribution is 0.565. The fraction of sp³-hybridized carbons (Fsp3) is 0.143. The van der Waals surface area contributed by atoms with Crippen molar-refractivity contribution in [2.45, 2.75) is 11.3 Å². The normalized spacial score (nSPS) is 11.6. The van der Waals surface area contributed by atoms with Crippen LogP contribution in [0.4, 0.5) is 13.2 Å². The van der Waals surface area contributed by atoms with Gasteiger partial charge in [0.15, 0.2) is 0 Å². The largest absolute Gasteiger partial charge is 0.240 e. The van der Waals surface area contributed by atoms with Gasteiger partial charge in [0.05, 0.1) is 4.90 Å². The number of nitrogens with one attached hydrogen (secondary N) is 1. The molecule has 0 aliphatic carbocycles. The molecule has 0 amide bonds. The molecule has 0 atom stereocenters. The van der Waals surface area contributed by atoms with Crippen LogP contribution in [0.15, 0.2) is 47.4 Å². The third-order valence-electron chi connectivity index (χ3n) is 2.83. The van der Waals surface area contributed by atoms with Crippen molar-refractivity contribution in [3.8, 4) is 0 Å². The predicted octanol–water partition coefficient (Wildman–Crippen LogP) is 2.62. The zero-order valence-electron chi connectivity index (χ0n) is 10.8. The molecule has 0 saturated carbocycles. The Morgan fingerprint density at radius 1 is 0.905 bits per heavy atom. The molecule has 0 saturated heterocycles. The SMILES string of the molecule is O=S(=O)(NCCc1ccc(F)cc1F)c1ccc(F)cc1. The topological polar surface area (TPSA) is 46.2 Å². The first-order chi connectivity index (χ1) is 9.88. The first-order valence-corrected chi connectivity index (χ1v) is 7.56. The molecule has 21 heavy (non-hydrogen) atoms. The summed E-state index contributed by atoms with van der Waals surface area (Å²) >= 11 is 0. The molecule has 0 aromatic heterocycles. The molecule has 0 bridgehead atoms. The molecule has 7 heteroatoms. The molecule has 2 aromatic carbocycles. The van der Waals surface area contributed by atoms with Crippen molar-refractivity contribution < 1.29 is 21.6 Å². The molecule has 2 rings (SSSR count). The van der Waals surface area contributed by atoms with Gasteiger partial charge in [0, 0.05) is 12.6 Å². The minimum atomic E-state index is -3.78. The molecule has 2 aromatic rings. The van der Waals surface area contributed by atoms with E-state index in [2.05, 4.69) is 4.72 Å². The van der Waals surface area contributed by atoms with Crippen molar-refractivity contribution in [1.82, 2.24) is 4.72 Å². The number of benzene rings is 2. The van der Waals surface area contributed by atoms with Crippen molar-refractivity contribution in [2.24, 2.45) is 0 Å². The van der Waals surface area contributed by atoms with Gasteiger partial charge >= 0.3 is 0 Å². The highest BCUT2D eigenvalue weighted by Gasteiger charge is 2.13. The maximum Gasteiger partial charge on any atom is 0.240 e. The predicted molar refractivity (Wildman–Crippen MR) is 71.7 cm³/mol. The van der Waals surface area contributed by atoms with Gasteiger partial charge in [-0.3, -0.25) is 0 Å². The van der Waals surface area contributed by atoms with Crippen LogP contribution in [-0.4, -0.2) is 15.0 Å². The first-order valence-electron chi connectivity index (χ1n) is 6.08. The van der Waals surface area contributed by atoms with Crippen LogP contribution in [-0.2, 0) is 16.4 Å². The Morgan fingerprint density at radius 3 is 2.14 bits per heavy atom. The minimum absolute atomic E-state index is 0.0533. The summed E-state index contributed by atoms with van der Waals surface area (Å²) in [5.41, 5.74) is 0.207. The highest BCUT2D eigenvalue weighted by Crippen LogP contribution is 2.12. The second kappa shape index (κ2) is 6.28. The third kappa shape index (κ3) is 4.05. The second-order valence-corrected chi connectivity index (χ2v) is 6.10. The zero-order chi connectivity index (χ0) is 15.5. The van der Waals surface area contributed by atoms with Gasteiger partial charge in [-0.2, -0.15) is 0 Å². The van der Waals surface area contributed by atoms with Crippen LogP contribution in [0.5, 0.6) is 0 Å². The summed E-state index contributed by atoms with van der Waals surface area (Å²) in [5, 5.41) is 0. The smallest absolute Gasteiger partial charge is 0.211 e. The Balaban J connectivity index is 2.00. The van der Waals surface area contributed by atoms with Crippen LogP contribution >= 0.6 is 0 Å². The van der Waals surface area contributed by atoms with E-state index in [-0.39, 0.29) is 23.4 Å². The summed E-state index contributed by atoms with van der Waals surface area (Å²) in [7, 11) is -3.78. The molecule has 112 valence electrons. The monoisotopic (exact) mass is 315 g/mol. The maximum atomic E-state index is 13.4. The number of hydrogen-bond acceptors (Lipinski definition) is 2. The Hall–Kier alpha value is -1.86. The van der Waals surface area contributed by atoms with Gasteiger partial charge in [0.1, 0.15) is 17.5 Å². The quantitative estimate of drug-likeness (QED) is 0.922. The molecule has 0 aliphatic heterocycles. The molecule has 0 spiro atoms. The second-order valence-electron chi connectivity index (χ2n) is 4.34. The summed E-state index contributed by atoms with van der Waals surface area (Å²) in [6, 6.07) is 7.45. The van der Waals surface area contributed by atoms with E-state index in [1.54, 1.807) is 0 Å². The van der Waals surface area contributed by atoms with E-state index in [4.69, 9.17) is 0 Å². The number of halogens is 3. The van der Waals surface area contributed by atoms with Crippen molar-refractivity contribution in [3.05, 3.63) is 65.5 Å². The molecule has 0 heterocycles. The average molecular weight is 315 g/mol. The minimum Gasteiger partial charge on any atom is -0.211 e. The van der Waals surface area contributed by atoms with E-state index >= 15 is 0 Å². The molecule has 0 radical (unpaired) electrons. The van der Waals surface area contributed by atoms with Crippen molar-refractivity contribution in [2.75, 3.05) is 6.54 Å². The van der Waals surface area contributed by atoms with E-state index in [0.29, 0.717) is 0 Å². The molecule has 3 nitrogen and oxygen atoms in total. The third-order valence-corrected chi connectivity index (χ3v) is 4.30. The van der Waals surface area contributed by atoms with E-state index in [1.165, 1.54) is 6.07 Å². The van der Waals surface area contributed by atoms with Gasteiger partial charge in [-0.1, -0.05) is 6.07 Å². The summed E-state index contributed by atoms with van der Waals surface area (Å²) in [6.07, 6.45) is 0.0759. The van der Waals surface area contributed by atoms with Crippen LogP contribution in [0.1, 0.15) is 5.56 Å². The van der Waals surface area contributed by atoms with Crippen LogP contribution < -0.4 is 4.72 Å². The zero-order valence-corrected chi connectivity index (χ0v) is 11.6. The number of hydrogen-bond donors (Lipinski definition) is 1. The van der Waals surface area contributed by atoms with Crippen LogP contribution in [0.25, 0.3) is 0 Å². The lowest BCUT2D eigenvalue weighted by atomic mass is 10.1. The van der Waals surface area contributed by atoms with Gasteiger partial charge in [-0.15, -0.1) is 0 Å². The van der Waals surface area contributed by atoms with Crippen molar-refractivity contribution in [1.29, 1.82) is 0 Å². The van der Waals surface area contributed by atoms with E-state index in [9.17, 15) is 21.6 Å². The standard InChI is InChI=1S/C14H12F3NO2S/c15-11-3-5-13(6-4-11)21(19,20)18-8-7-10-1-2-12(16)9-14(10)17/h1-6,9,18H,7-8H2. The summed E-state index contributed by atoms with van der Waals surface area (Å²) < 4.78 is 64.9. The highest BCUT2D eigenvalue weighted by molar-refractivity contribution is 7.89. The van der Waals surface area contributed by atoms with E-state index in [0.717, 1.165) is 36.4 Å². The summed E-state index contributed by atoms with van der Waals surface area (Å²) in [6.45, 7) is -0.0533. The summed E-state index contributed by atoms with van der Waals surface area (Å²) in [4.78, 5) is -0.0801. The Morgan fingerprint density at radius 2 is 1.52 bits per heavy atom. The van der Waals surface area contributed by atoms with Gasteiger partial charge in [0.2, 0.25) is 10.0 Å². The Bertz CT molecular complexity index is 730. The Kier molecular flexibility index (Phi) is 4.64. The van der Waals surface area contributed by atoms with Gasteiger partial charge in [0.25, 0.3) is 0 Å². The molecule has 0 unspecified atom stereocenters. The number of rotatable bonds is 5. The lowest BCUT2D eigenvalue weighted by Gasteiger charge is -2.07. The molecular formula is C14H12F3NO2S. The molecule has 0 aliphatic rings. The van der Waals surface area contributed by atoms with Crippen molar-refractivity contribution >= 4 is 10.0 Å². The van der Waals surface area contributed by atoms with Gasteiger partial charge in [-0.25, -0.2) is 26.3 Å². The average Bonchev–Trinajstić information content (AvgIpc) is 2.41. The van der Waals surface area contributed by atoms with Crippen LogP contribution in [0, 0.1) is 17.5 Å². The van der Waals surface area contributed by atoms with Crippen LogP contribution in [0.3, 0.4) is 0 Å². The summed E-state index contributed by atoms with van der Waals surface area (Å²) in [5.74, 6) is -1.96. The van der Waals surface area contributed by atoms with Crippen molar-refractivity contribution in [3.63, 3.8) is 0 Å².